The highest BCUT2D eigenvalue weighted by atomic mass is 32.1. The van der Waals surface area contributed by atoms with Crippen molar-refractivity contribution in [3.05, 3.63) is 45.6 Å². The maximum Gasteiger partial charge on any atom is 0.0515 e. The smallest absolute Gasteiger partial charge is 0.0515 e. The van der Waals surface area contributed by atoms with Gasteiger partial charge in [0.25, 0.3) is 0 Å². The van der Waals surface area contributed by atoms with Crippen molar-refractivity contribution in [2.24, 2.45) is 0 Å². The average molecular weight is 297 g/mol. The number of nitrogens with one attached hydrogen (secondary N) is 1. The van der Waals surface area contributed by atoms with E-state index >= 15 is 0 Å². The van der Waals surface area contributed by atoms with Gasteiger partial charge >= 0.3 is 0 Å². The van der Waals surface area contributed by atoms with E-state index in [0.29, 0.717) is 0 Å². The first kappa shape index (κ1) is 13.1. The number of aromatic amines is 1. The van der Waals surface area contributed by atoms with Crippen molar-refractivity contribution in [1.29, 1.82) is 0 Å². The van der Waals surface area contributed by atoms with Crippen LogP contribution in [0.2, 0.25) is 0 Å². The second kappa shape index (κ2) is 5.00. The molecule has 2 nitrogen and oxygen atoms in total. The third-order valence-corrected chi connectivity index (χ3v) is 5.61. The number of aliphatic hydroxyl groups excluding tert-OH is 1. The Morgan fingerprint density at radius 3 is 3.00 bits per heavy atom. The van der Waals surface area contributed by atoms with Crippen molar-refractivity contribution in [2.45, 2.75) is 38.7 Å². The summed E-state index contributed by atoms with van der Waals surface area (Å²) in [5.74, 6) is 0. The molecule has 0 saturated heterocycles. The number of aliphatic hydroxyl groups is 1. The Bertz CT molecular complexity index is 797. The summed E-state index contributed by atoms with van der Waals surface area (Å²) in [5, 5.41) is 10.8. The normalized spacial score (nSPS) is 15.0. The van der Waals surface area contributed by atoms with Crippen LogP contribution in [0.5, 0.6) is 0 Å². The van der Waals surface area contributed by atoms with Gasteiger partial charge in [0.05, 0.1) is 11.8 Å². The maximum absolute atomic E-state index is 9.47. The van der Waals surface area contributed by atoms with Gasteiger partial charge in [-0.15, -0.1) is 11.3 Å². The van der Waals surface area contributed by atoms with Crippen LogP contribution < -0.4 is 0 Å². The van der Waals surface area contributed by atoms with Crippen molar-refractivity contribution in [3.63, 3.8) is 0 Å². The largest absolute Gasteiger partial charge is 0.393 e. The fourth-order valence-electron chi connectivity index (χ4n) is 3.28. The van der Waals surface area contributed by atoms with E-state index < -0.39 is 0 Å². The van der Waals surface area contributed by atoms with E-state index in [9.17, 15) is 5.11 Å². The first-order valence-corrected chi connectivity index (χ1v) is 8.43. The lowest BCUT2D eigenvalue weighted by Gasteiger charge is -2.11. The summed E-state index contributed by atoms with van der Waals surface area (Å²) >= 11 is 1.92. The Kier molecular flexibility index (Phi) is 3.12. The van der Waals surface area contributed by atoms with Gasteiger partial charge in [0.2, 0.25) is 0 Å². The van der Waals surface area contributed by atoms with Crippen LogP contribution in [0.4, 0.5) is 0 Å². The Hall–Kier alpha value is -1.58. The summed E-state index contributed by atoms with van der Waals surface area (Å²) in [6.07, 6.45) is 3.88. The summed E-state index contributed by atoms with van der Waals surface area (Å²) in [5.41, 5.74) is 5.42. The molecule has 4 rings (SSSR count). The molecule has 0 radical (unpaired) electrons. The lowest BCUT2D eigenvalue weighted by molar-refractivity contribution is 0.185. The van der Waals surface area contributed by atoms with Crippen molar-refractivity contribution in [1.82, 2.24) is 4.98 Å². The Morgan fingerprint density at radius 1 is 1.29 bits per heavy atom. The third kappa shape index (κ3) is 2.21. The van der Waals surface area contributed by atoms with Crippen LogP contribution in [-0.4, -0.2) is 16.2 Å². The van der Waals surface area contributed by atoms with Gasteiger partial charge in [-0.1, -0.05) is 18.2 Å². The molecule has 108 valence electrons. The minimum atomic E-state index is -0.215. The van der Waals surface area contributed by atoms with Crippen molar-refractivity contribution >= 4 is 22.2 Å². The molecule has 0 saturated carbocycles. The van der Waals surface area contributed by atoms with Crippen LogP contribution >= 0.6 is 11.3 Å². The Balaban J connectivity index is 1.77. The second-order valence-corrected chi connectivity index (χ2v) is 7.18. The van der Waals surface area contributed by atoms with Gasteiger partial charge in [-0.3, -0.25) is 0 Å². The number of H-pyrrole nitrogens is 1. The highest BCUT2D eigenvalue weighted by Gasteiger charge is 2.22. The lowest BCUT2D eigenvalue weighted by atomic mass is 9.94. The van der Waals surface area contributed by atoms with E-state index in [1.807, 2.05) is 18.3 Å². The first-order valence-electron chi connectivity index (χ1n) is 7.62. The number of aromatic nitrogens is 1. The molecule has 0 fully saturated rings. The molecule has 0 aliphatic heterocycles. The maximum atomic E-state index is 9.47. The van der Waals surface area contributed by atoms with Crippen LogP contribution in [0.1, 0.15) is 28.7 Å². The number of fused-ring (bicyclic) bond motifs is 5. The molecule has 1 atom stereocenters. The highest BCUT2D eigenvalue weighted by Crippen LogP contribution is 2.41. The van der Waals surface area contributed by atoms with E-state index in [2.05, 4.69) is 35.3 Å². The molecule has 1 aliphatic rings. The quantitative estimate of drug-likeness (QED) is 0.742. The average Bonchev–Trinajstić information content (AvgIpc) is 3.05. The van der Waals surface area contributed by atoms with Gasteiger partial charge in [0.15, 0.2) is 0 Å². The SMILES string of the molecule is CC(O)CCc1cc2c(s1)CCc1c-2[nH]c2ccccc12. The van der Waals surface area contributed by atoms with Crippen LogP contribution in [0.25, 0.3) is 22.2 Å². The predicted octanol–water partition coefficient (Wildman–Crippen LogP) is 4.31. The first-order chi connectivity index (χ1) is 10.2. The molecule has 0 spiro atoms. The molecule has 3 heteroatoms. The van der Waals surface area contributed by atoms with Gasteiger partial charge in [0.1, 0.15) is 0 Å². The zero-order valence-electron chi connectivity index (χ0n) is 12.1. The molecule has 2 aromatic heterocycles. The fraction of sp³-hybridized carbons (Fsp3) is 0.333. The van der Waals surface area contributed by atoms with Gasteiger partial charge in [-0.2, -0.15) is 0 Å². The van der Waals surface area contributed by atoms with Crippen LogP contribution in [0.3, 0.4) is 0 Å². The number of aryl methyl sites for hydroxylation is 3. The molecule has 1 aliphatic carbocycles. The third-order valence-electron chi connectivity index (χ3n) is 4.35. The molecule has 21 heavy (non-hydrogen) atoms. The lowest BCUT2D eigenvalue weighted by Crippen LogP contribution is -2.00. The summed E-state index contributed by atoms with van der Waals surface area (Å²) in [4.78, 5) is 6.50. The summed E-state index contributed by atoms with van der Waals surface area (Å²) in [7, 11) is 0. The van der Waals surface area contributed by atoms with Gasteiger partial charge in [-0.25, -0.2) is 0 Å². The van der Waals surface area contributed by atoms with Crippen LogP contribution in [-0.2, 0) is 19.3 Å². The number of thiophene rings is 1. The number of hydrogen-bond donors (Lipinski definition) is 2. The Morgan fingerprint density at radius 2 is 2.14 bits per heavy atom. The minimum absolute atomic E-state index is 0.215. The summed E-state index contributed by atoms with van der Waals surface area (Å²) in [6, 6.07) is 10.9. The Labute approximate surface area is 128 Å². The molecular weight excluding hydrogens is 278 g/mol. The molecule has 1 unspecified atom stereocenters. The second-order valence-electron chi connectivity index (χ2n) is 5.96. The van der Waals surface area contributed by atoms with Gasteiger partial charge in [0, 0.05) is 26.2 Å². The van der Waals surface area contributed by atoms with Crippen molar-refractivity contribution < 1.29 is 5.11 Å². The molecule has 2 N–H and O–H groups in total. The summed E-state index contributed by atoms with van der Waals surface area (Å²) in [6.45, 7) is 1.86. The molecule has 3 aromatic rings. The van der Waals surface area contributed by atoms with Crippen molar-refractivity contribution in [2.75, 3.05) is 0 Å². The molecule has 1 aromatic carbocycles. The van der Waals surface area contributed by atoms with E-state index in [1.165, 1.54) is 37.5 Å². The van der Waals surface area contributed by atoms with Crippen molar-refractivity contribution in [3.8, 4) is 11.3 Å². The van der Waals surface area contributed by atoms with Gasteiger partial charge in [-0.05, 0) is 50.3 Å². The highest BCUT2D eigenvalue weighted by molar-refractivity contribution is 7.12. The molecule has 0 bridgehead atoms. The van der Waals surface area contributed by atoms with Crippen LogP contribution in [0.15, 0.2) is 30.3 Å². The van der Waals surface area contributed by atoms with E-state index in [4.69, 9.17) is 0 Å². The van der Waals surface area contributed by atoms with E-state index in [0.717, 1.165) is 25.7 Å². The predicted molar refractivity (Wildman–Crippen MR) is 89.0 cm³/mol. The summed E-state index contributed by atoms with van der Waals surface area (Å²) < 4.78 is 0. The van der Waals surface area contributed by atoms with E-state index in [-0.39, 0.29) is 6.10 Å². The monoisotopic (exact) mass is 297 g/mol. The number of rotatable bonds is 3. The van der Waals surface area contributed by atoms with Crippen LogP contribution in [0, 0.1) is 0 Å². The number of para-hydroxylation sites is 1. The standard InChI is InChI=1S/C18H19NOS/c1-11(20)6-7-12-10-15-17(21-12)9-8-14-13-4-2-3-5-16(13)19-18(14)15/h2-5,10-11,19-20H,6-9H2,1H3. The number of benzene rings is 1. The van der Waals surface area contributed by atoms with Gasteiger partial charge < -0.3 is 10.1 Å². The molecular formula is C18H19NOS. The topological polar surface area (TPSA) is 36.0 Å². The molecule has 0 amide bonds. The number of hydrogen-bond acceptors (Lipinski definition) is 2. The molecule has 2 heterocycles. The zero-order valence-corrected chi connectivity index (χ0v) is 13.0. The zero-order chi connectivity index (χ0) is 14.4. The fourth-order valence-corrected chi connectivity index (χ4v) is 4.47. The minimum Gasteiger partial charge on any atom is -0.393 e. The van der Waals surface area contributed by atoms with E-state index in [1.54, 1.807) is 0 Å².